The minimum atomic E-state index is -0.780. The van der Waals surface area contributed by atoms with Crippen LogP contribution in [0, 0.1) is 35.0 Å². The SMILES string of the molecule is CC1=C[C@@H](C)C[C@H]2O[C@@H]3C(C)=C(C)[C@H]4[C@H](Cc5ccccc5)NC(=O)[C@@]45[C@H]3[C@@H]2[C@H]1C[C@H]5O. The molecule has 170 valence electrons. The van der Waals surface area contributed by atoms with Crippen molar-refractivity contribution in [1.82, 2.24) is 5.32 Å². The molecule has 0 radical (unpaired) electrons. The van der Waals surface area contributed by atoms with E-state index in [4.69, 9.17) is 4.74 Å². The maximum absolute atomic E-state index is 13.9. The fourth-order valence-electron chi connectivity index (χ4n) is 8.51. The molecule has 2 heterocycles. The van der Waals surface area contributed by atoms with E-state index >= 15 is 0 Å². The molecule has 0 bridgehead atoms. The molecule has 0 aromatic heterocycles. The Labute approximate surface area is 191 Å². The summed E-state index contributed by atoms with van der Waals surface area (Å²) >= 11 is 0. The highest BCUT2D eigenvalue weighted by molar-refractivity contribution is 5.89. The standard InChI is InChI=1S/C28H35NO3/c1-14-10-15(2)19-13-22(30)28-24(20(29-27(28)31)12-18-8-6-5-7-9-18)16(3)17(4)26-25(28)23(19)21(11-14)32-26/h5-10,14,19-26,30H,11-13H2,1-4H3,(H,29,31)/t14-,19+,20+,21-,22-,23-,24+,25+,26-,28-/m1/s1. The van der Waals surface area contributed by atoms with Gasteiger partial charge in [-0.05, 0) is 68.9 Å². The van der Waals surface area contributed by atoms with Crippen molar-refractivity contribution in [3.8, 4) is 0 Å². The number of rotatable bonds is 2. The molecule has 1 aromatic rings. The number of hydrogen-bond acceptors (Lipinski definition) is 3. The molecule has 0 unspecified atom stereocenters. The Morgan fingerprint density at radius 2 is 1.88 bits per heavy atom. The molecule has 2 N–H and O–H groups in total. The van der Waals surface area contributed by atoms with Crippen molar-refractivity contribution in [2.75, 3.05) is 0 Å². The molecule has 5 aliphatic rings. The quantitative estimate of drug-likeness (QED) is 0.692. The molecule has 1 saturated carbocycles. The van der Waals surface area contributed by atoms with Gasteiger partial charge in [-0.25, -0.2) is 0 Å². The maximum atomic E-state index is 13.9. The molecule has 10 atom stereocenters. The van der Waals surface area contributed by atoms with Gasteiger partial charge >= 0.3 is 0 Å². The predicted molar refractivity (Wildman–Crippen MR) is 124 cm³/mol. The van der Waals surface area contributed by atoms with E-state index in [-0.39, 0.29) is 36.0 Å². The highest BCUT2D eigenvalue weighted by Crippen LogP contribution is 2.67. The summed E-state index contributed by atoms with van der Waals surface area (Å²) in [6.07, 6.45) is 4.30. The molecular weight excluding hydrogens is 398 g/mol. The zero-order valence-corrected chi connectivity index (χ0v) is 19.5. The number of aliphatic hydroxyl groups is 1. The third-order valence-electron chi connectivity index (χ3n) is 9.71. The van der Waals surface area contributed by atoms with Crippen molar-refractivity contribution in [2.45, 2.75) is 71.3 Å². The first kappa shape index (κ1) is 20.7. The van der Waals surface area contributed by atoms with Crippen LogP contribution in [0.2, 0.25) is 0 Å². The second kappa shape index (κ2) is 7.04. The number of amides is 1. The first-order chi connectivity index (χ1) is 15.3. The van der Waals surface area contributed by atoms with Crippen molar-refractivity contribution in [3.05, 3.63) is 58.7 Å². The van der Waals surface area contributed by atoms with Gasteiger partial charge in [0.15, 0.2) is 0 Å². The van der Waals surface area contributed by atoms with Crippen LogP contribution >= 0.6 is 0 Å². The zero-order valence-electron chi connectivity index (χ0n) is 19.5. The molecule has 3 fully saturated rings. The first-order valence-corrected chi connectivity index (χ1v) is 12.4. The van der Waals surface area contributed by atoms with Crippen molar-refractivity contribution < 1.29 is 14.6 Å². The molecule has 1 amide bonds. The zero-order chi connectivity index (χ0) is 22.4. The molecule has 2 saturated heterocycles. The van der Waals surface area contributed by atoms with E-state index in [1.165, 1.54) is 22.3 Å². The van der Waals surface area contributed by atoms with Gasteiger partial charge in [0.2, 0.25) is 5.91 Å². The second-order valence-corrected chi connectivity index (χ2v) is 11.2. The van der Waals surface area contributed by atoms with Crippen LogP contribution in [-0.2, 0) is 16.0 Å². The third-order valence-corrected chi connectivity index (χ3v) is 9.71. The first-order valence-electron chi connectivity index (χ1n) is 12.4. The van der Waals surface area contributed by atoms with E-state index in [0.717, 1.165) is 12.8 Å². The minimum Gasteiger partial charge on any atom is -0.392 e. The van der Waals surface area contributed by atoms with E-state index in [0.29, 0.717) is 24.2 Å². The summed E-state index contributed by atoms with van der Waals surface area (Å²) < 4.78 is 6.80. The van der Waals surface area contributed by atoms with Gasteiger partial charge in [0.25, 0.3) is 0 Å². The fraction of sp³-hybridized carbons (Fsp3) is 0.607. The van der Waals surface area contributed by atoms with E-state index in [9.17, 15) is 9.90 Å². The van der Waals surface area contributed by atoms with Crippen LogP contribution in [-0.4, -0.2) is 35.4 Å². The Morgan fingerprint density at radius 1 is 1.12 bits per heavy atom. The van der Waals surface area contributed by atoms with Crippen molar-refractivity contribution >= 4 is 5.91 Å². The number of benzene rings is 1. The number of ether oxygens (including phenoxy) is 1. The number of allylic oxidation sites excluding steroid dienone is 2. The Hall–Kier alpha value is -1.91. The number of aliphatic hydroxyl groups excluding tert-OH is 1. The molecular formula is C28H35NO3. The Morgan fingerprint density at radius 3 is 2.62 bits per heavy atom. The summed E-state index contributed by atoms with van der Waals surface area (Å²) in [5.74, 6) is 1.18. The normalized spacial score (nSPS) is 46.8. The average molecular weight is 434 g/mol. The molecule has 2 aliphatic heterocycles. The lowest BCUT2D eigenvalue weighted by atomic mass is 9.46. The van der Waals surface area contributed by atoms with Gasteiger partial charge in [0, 0.05) is 17.9 Å². The number of carbonyl (C=O) groups excluding carboxylic acids is 1. The van der Waals surface area contributed by atoms with E-state index in [1.54, 1.807) is 0 Å². The lowest BCUT2D eigenvalue weighted by Gasteiger charge is -2.55. The predicted octanol–water partition coefficient (Wildman–Crippen LogP) is 4.05. The molecule has 32 heavy (non-hydrogen) atoms. The van der Waals surface area contributed by atoms with Crippen LogP contribution in [0.5, 0.6) is 0 Å². The summed E-state index contributed by atoms with van der Waals surface area (Å²) in [5, 5.41) is 15.2. The van der Waals surface area contributed by atoms with Crippen LogP contribution in [0.25, 0.3) is 0 Å². The number of hydrogen-bond donors (Lipinski definition) is 2. The minimum absolute atomic E-state index is 0.00684. The average Bonchev–Trinajstić information content (AvgIpc) is 3.22. The summed E-state index contributed by atoms with van der Waals surface area (Å²) in [4.78, 5) is 13.9. The van der Waals surface area contributed by atoms with Crippen molar-refractivity contribution in [1.29, 1.82) is 0 Å². The van der Waals surface area contributed by atoms with Crippen LogP contribution in [0.1, 0.15) is 46.1 Å². The topological polar surface area (TPSA) is 58.6 Å². The molecule has 4 nitrogen and oxygen atoms in total. The largest absolute Gasteiger partial charge is 0.392 e. The summed E-state index contributed by atoms with van der Waals surface area (Å²) in [6.45, 7) is 8.88. The molecule has 3 aliphatic carbocycles. The third kappa shape index (κ3) is 2.54. The van der Waals surface area contributed by atoms with Gasteiger partial charge in [-0.15, -0.1) is 0 Å². The number of carbonyl (C=O) groups is 1. The van der Waals surface area contributed by atoms with Crippen molar-refractivity contribution in [2.24, 2.45) is 35.0 Å². The van der Waals surface area contributed by atoms with E-state index in [1.807, 2.05) is 6.07 Å². The highest BCUT2D eigenvalue weighted by atomic mass is 16.5. The smallest absolute Gasteiger partial charge is 0.230 e. The Kier molecular flexibility index (Phi) is 4.55. The monoisotopic (exact) mass is 433 g/mol. The van der Waals surface area contributed by atoms with Crippen LogP contribution in [0.4, 0.5) is 0 Å². The van der Waals surface area contributed by atoms with E-state index < -0.39 is 11.5 Å². The Bertz CT molecular complexity index is 1010. The highest BCUT2D eigenvalue weighted by Gasteiger charge is 2.74. The molecule has 4 heteroatoms. The van der Waals surface area contributed by atoms with Crippen LogP contribution in [0.3, 0.4) is 0 Å². The molecule has 1 spiro atoms. The van der Waals surface area contributed by atoms with Crippen molar-refractivity contribution in [3.63, 3.8) is 0 Å². The number of nitrogens with one attached hydrogen (secondary N) is 1. The van der Waals surface area contributed by atoms with Gasteiger partial charge in [0.1, 0.15) is 0 Å². The second-order valence-electron chi connectivity index (χ2n) is 11.2. The van der Waals surface area contributed by atoms with Gasteiger partial charge < -0.3 is 15.2 Å². The lowest BCUT2D eigenvalue weighted by molar-refractivity contribution is -0.157. The summed E-state index contributed by atoms with van der Waals surface area (Å²) in [7, 11) is 0. The summed E-state index contributed by atoms with van der Waals surface area (Å²) in [5.41, 5.74) is 4.37. The summed E-state index contributed by atoms with van der Waals surface area (Å²) in [6, 6.07) is 10.4. The maximum Gasteiger partial charge on any atom is 0.230 e. The van der Waals surface area contributed by atoms with E-state index in [2.05, 4.69) is 63.4 Å². The van der Waals surface area contributed by atoms with Gasteiger partial charge in [-0.1, -0.05) is 54.5 Å². The van der Waals surface area contributed by atoms with Gasteiger partial charge in [-0.2, -0.15) is 0 Å². The van der Waals surface area contributed by atoms with Gasteiger partial charge in [-0.3, -0.25) is 4.79 Å². The van der Waals surface area contributed by atoms with Gasteiger partial charge in [0.05, 0.1) is 23.7 Å². The Balaban J connectivity index is 1.49. The molecule has 1 aromatic carbocycles. The lowest BCUT2D eigenvalue weighted by Crippen LogP contribution is -2.62. The fourth-order valence-corrected chi connectivity index (χ4v) is 8.51. The van der Waals surface area contributed by atoms with Crippen LogP contribution in [0.15, 0.2) is 53.1 Å². The van der Waals surface area contributed by atoms with Crippen LogP contribution < -0.4 is 5.32 Å². The molecule has 6 rings (SSSR count).